The molecule has 0 fully saturated rings. The number of fused-ring (bicyclic) bond motifs is 4. The normalized spacial score (nSPS) is 12.3. The molecule has 8 heteroatoms. The van der Waals surface area contributed by atoms with Crippen molar-refractivity contribution in [1.82, 2.24) is 19.2 Å². The predicted molar refractivity (Wildman–Crippen MR) is 142 cm³/mol. The van der Waals surface area contributed by atoms with E-state index in [-0.39, 0.29) is 18.8 Å². The first kappa shape index (κ1) is 22.8. The molecule has 0 aliphatic carbocycles. The van der Waals surface area contributed by atoms with Gasteiger partial charge in [-0.25, -0.2) is 9.78 Å². The number of nitrogens with zero attached hydrogens (tertiary/aromatic N) is 4. The van der Waals surface area contributed by atoms with Crippen LogP contribution in [0.3, 0.4) is 0 Å². The van der Waals surface area contributed by atoms with E-state index in [1.807, 2.05) is 91.0 Å². The first-order valence-electron chi connectivity index (χ1n) is 11.9. The van der Waals surface area contributed by atoms with Gasteiger partial charge in [-0.2, -0.15) is 4.52 Å². The molecule has 37 heavy (non-hydrogen) atoms. The van der Waals surface area contributed by atoms with Crippen LogP contribution in [0.4, 0.5) is 0 Å². The maximum absolute atomic E-state index is 13.5. The standard InChI is InChI=1S/C29H24N4O4/c1-36-23-13-11-20(12-14-23)27-30-28-25-8-4-5-9-26(25)32(29(35)33(28)31-27)17-22(34)18-37-24-15-10-19-6-2-3-7-21(19)16-24/h2-16,22,34H,17-18H2,1H3/t22-/m0/s1. The van der Waals surface area contributed by atoms with Crippen LogP contribution in [-0.4, -0.2) is 44.1 Å². The molecule has 0 saturated carbocycles. The highest BCUT2D eigenvalue weighted by atomic mass is 16.5. The van der Waals surface area contributed by atoms with E-state index in [0.29, 0.717) is 22.7 Å². The number of hydrogen-bond acceptors (Lipinski definition) is 6. The van der Waals surface area contributed by atoms with Crippen molar-refractivity contribution < 1.29 is 14.6 Å². The highest BCUT2D eigenvalue weighted by Gasteiger charge is 2.18. The van der Waals surface area contributed by atoms with Gasteiger partial charge in [0.1, 0.15) is 24.2 Å². The van der Waals surface area contributed by atoms with E-state index >= 15 is 0 Å². The molecule has 0 bridgehead atoms. The molecule has 0 unspecified atom stereocenters. The van der Waals surface area contributed by atoms with E-state index in [1.54, 1.807) is 7.11 Å². The number of hydrogen-bond donors (Lipinski definition) is 1. The molecule has 0 spiro atoms. The number of aliphatic hydroxyl groups is 1. The summed E-state index contributed by atoms with van der Waals surface area (Å²) < 4.78 is 13.9. The van der Waals surface area contributed by atoms with E-state index in [1.165, 1.54) is 9.08 Å². The molecule has 8 nitrogen and oxygen atoms in total. The Balaban J connectivity index is 1.31. The summed E-state index contributed by atoms with van der Waals surface area (Å²) in [6.45, 7) is 0.0756. The topological polar surface area (TPSA) is 90.9 Å². The van der Waals surface area contributed by atoms with Crippen molar-refractivity contribution in [3.8, 4) is 22.9 Å². The zero-order chi connectivity index (χ0) is 25.4. The molecule has 2 aromatic heterocycles. The molecular weight excluding hydrogens is 468 g/mol. The number of para-hydroxylation sites is 1. The lowest BCUT2D eigenvalue weighted by Gasteiger charge is -2.16. The van der Waals surface area contributed by atoms with Crippen LogP contribution in [-0.2, 0) is 6.54 Å². The SMILES string of the molecule is COc1ccc(-c2nc3c4ccccc4n(C[C@H](O)COc4ccc5ccccc5c4)c(=O)n3n2)cc1. The molecule has 6 rings (SSSR count). The molecule has 1 N–H and O–H groups in total. The van der Waals surface area contributed by atoms with Crippen molar-refractivity contribution in [1.29, 1.82) is 0 Å². The monoisotopic (exact) mass is 492 g/mol. The fourth-order valence-corrected chi connectivity index (χ4v) is 4.49. The summed E-state index contributed by atoms with van der Waals surface area (Å²) in [5.74, 6) is 1.81. The summed E-state index contributed by atoms with van der Waals surface area (Å²) in [6, 6.07) is 28.6. The highest BCUT2D eigenvalue weighted by molar-refractivity contribution is 5.92. The van der Waals surface area contributed by atoms with Crippen LogP contribution in [0.5, 0.6) is 11.5 Å². The van der Waals surface area contributed by atoms with Crippen LogP contribution in [0.15, 0.2) is 95.8 Å². The Morgan fingerprint density at radius 2 is 1.62 bits per heavy atom. The first-order valence-corrected chi connectivity index (χ1v) is 11.9. The van der Waals surface area contributed by atoms with Crippen molar-refractivity contribution in [3.05, 3.63) is 101 Å². The van der Waals surface area contributed by atoms with E-state index < -0.39 is 6.10 Å². The molecule has 0 amide bonds. The van der Waals surface area contributed by atoms with Crippen molar-refractivity contribution in [2.75, 3.05) is 13.7 Å². The largest absolute Gasteiger partial charge is 0.497 e. The summed E-state index contributed by atoms with van der Waals surface area (Å²) in [5.41, 5.74) is 1.51. The van der Waals surface area contributed by atoms with E-state index in [4.69, 9.17) is 9.47 Å². The number of ether oxygens (including phenoxy) is 2. The predicted octanol–water partition coefficient (Wildman–Crippen LogP) is 4.31. The number of methoxy groups -OCH3 is 1. The fourth-order valence-electron chi connectivity index (χ4n) is 4.49. The van der Waals surface area contributed by atoms with E-state index in [0.717, 1.165) is 27.5 Å². The lowest BCUT2D eigenvalue weighted by molar-refractivity contribution is 0.0923. The maximum atomic E-state index is 13.5. The zero-order valence-corrected chi connectivity index (χ0v) is 20.1. The second kappa shape index (κ2) is 9.40. The minimum absolute atomic E-state index is 0.0333. The Bertz CT molecular complexity index is 1790. The smallest absolute Gasteiger partial charge is 0.351 e. The molecule has 1 atom stereocenters. The number of benzene rings is 4. The molecule has 0 aliphatic rings. The first-order chi connectivity index (χ1) is 18.1. The summed E-state index contributed by atoms with van der Waals surface area (Å²) in [6.07, 6.45) is -0.922. The summed E-state index contributed by atoms with van der Waals surface area (Å²) in [4.78, 5) is 18.2. The quantitative estimate of drug-likeness (QED) is 0.357. The van der Waals surface area contributed by atoms with E-state index in [2.05, 4.69) is 10.1 Å². The Labute approximate surface area is 212 Å². The van der Waals surface area contributed by atoms with Crippen LogP contribution in [0, 0.1) is 0 Å². The van der Waals surface area contributed by atoms with Crippen LogP contribution in [0.25, 0.3) is 38.7 Å². The molecule has 2 heterocycles. The summed E-state index contributed by atoms with van der Waals surface area (Å²) >= 11 is 0. The van der Waals surface area contributed by atoms with Gasteiger partial charge in [-0.1, -0.05) is 42.5 Å². The van der Waals surface area contributed by atoms with Gasteiger partial charge in [-0.05, 0) is 59.3 Å². The van der Waals surface area contributed by atoms with Crippen molar-refractivity contribution in [3.63, 3.8) is 0 Å². The van der Waals surface area contributed by atoms with Crippen molar-refractivity contribution >= 4 is 27.3 Å². The van der Waals surface area contributed by atoms with Crippen LogP contribution < -0.4 is 15.2 Å². The molecule has 4 aromatic carbocycles. The van der Waals surface area contributed by atoms with Crippen molar-refractivity contribution in [2.24, 2.45) is 0 Å². The Hall–Kier alpha value is -4.69. The third-order valence-corrected chi connectivity index (χ3v) is 6.36. The molecular formula is C29H24N4O4. The fraction of sp³-hybridized carbons (Fsp3) is 0.138. The Kier molecular flexibility index (Phi) is 5.78. The third-order valence-electron chi connectivity index (χ3n) is 6.36. The minimum atomic E-state index is -0.922. The van der Waals surface area contributed by atoms with Crippen molar-refractivity contribution in [2.45, 2.75) is 12.6 Å². The minimum Gasteiger partial charge on any atom is -0.497 e. The molecule has 0 aliphatic heterocycles. The van der Waals surface area contributed by atoms with Gasteiger partial charge >= 0.3 is 5.69 Å². The van der Waals surface area contributed by atoms with Gasteiger partial charge < -0.3 is 14.6 Å². The Morgan fingerprint density at radius 1 is 0.892 bits per heavy atom. The van der Waals surface area contributed by atoms with E-state index in [9.17, 15) is 9.90 Å². The highest BCUT2D eigenvalue weighted by Crippen LogP contribution is 2.24. The van der Waals surface area contributed by atoms with Gasteiger partial charge in [0.15, 0.2) is 11.5 Å². The van der Waals surface area contributed by atoms with Gasteiger partial charge in [0, 0.05) is 10.9 Å². The average molecular weight is 493 g/mol. The number of aromatic nitrogens is 4. The molecule has 184 valence electrons. The second-order valence-electron chi connectivity index (χ2n) is 8.78. The zero-order valence-electron chi connectivity index (χ0n) is 20.1. The lowest BCUT2D eigenvalue weighted by Crippen LogP contribution is -2.34. The molecule has 0 radical (unpaired) electrons. The average Bonchev–Trinajstić information content (AvgIpc) is 3.40. The third kappa shape index (κ3) is 4.28. The van der Waals surface area contributed by atoms with Gasteiger partial charge in [-0.3, -0.25) is 4.57 Å². The van der Waals surface area contributed by atoms with Gasteiger partial charge in [0.2, 0.25) is 0 Å². The Morgan fingerprint density at radius 3 is 2.43 bits per heavy atom. The number of rotatable bonds is 7. The van der Waals surface area contributed by atoms with Gasteiger partial charge in [-0.15, -0.1) is 5.10 Å². The van der Waals surface area contributed by atoms with Crippen LogP contribution in [0.1, 0.15) is 0 Å². The molecule has 6 aromatic rings. The van der Waals surface area contributed by atoms with Gasteiger partial charge in [0.05, 0.1) is 19.2 Å². The second-order valence-corrected chi connectivity index (χ2v) is 8.78. The van der Waals surface area contributed by atoms with Crippen LogP contribution in [0.2, 0.25) is 0 Å². The number of aliphatic hydroxyl groups excluding tert-OH is 1. The van der Waals surface area contributed by atoms with Crippen LogP contribution >= 0.6 is 0 Å². The summed E-state index contributed by atoms with van der Waals surface area (Å²) in [7, 11) is 1.61. The summed E-state index contributed by atoms with van der Waals surface area (Å²) in [5, 5.41) is 18.3. The maximum Gasteiger partial charge on any atom is 0.351 e. The molecule has 0 saturated heterocycles. The van der Waals surface area contributed by atoms with Gasteiger partial charge in [0.25, 0.3) is 0 Å². The lowest BCUT2D eigenvalue weighted by atomic mass is 10.1.